The highest BCUT2D eigenvalue weighted by Crippen LogP contribution is 2.34. The van der Waals surface area contributed by atoms with Crippen molar-refractivity contribution >= 4 is 18.4 Å². The Morgan fingerprint density at radius 3 is 1.79 bits per heavy atom. The predicted molar refractivity (Wildman–Crippen MR) is 115 cm³/mol. The molecule has 0 saturated carbocycles. The molecule has 2 aromatic carbocycles. The summed E-state index contributed by atoms with van der Waals surface area (Å²) >= 11 is 0. The van der Waals surface area contributed by atoms with Gasteiger partial charge >= 0.3 is 18.3 Å². The smallest absolute Gasteiger partial charge is 0.416 e. The van der Waals surface area contributed by atoms with Gasteiger partial charge < -0.3 is 9.84 Å². The molecule has 0 amide bonds. The topological polar surface area (TPSA) is 49.8 Å². The van der Waals surface area contributed by atoms with Crippen molar-refractivity contribution in [1.29, 1.82) is 0 Å². The summed E-state index contributed by atoms with van der Waals surface area (Å²) < 4.78 is 83.3. The summed E-state index contributed by atoms with van der Waals surface area (Å²) in [7, 11) is 0. The van der Waals surface area contributed by atoms with Crippen LogP contribution in [0.5, 0.6) is 0 Å². The van der Waals surface area contributed by atoms with E-state index in [1.165, 1.54) is 24.3 Å². The summed E-state index contributed by atoms with van der Waals surface area (Å²) in [6.45, 7) is 1.29. The van der Waals surface area contributed by atoms with Crippen LogP contribution in [0.25, 0.3) is 0 Å². The van der Waals surface area contributed by atoms with Crippen LogP contribution in [0.2, 0.25) is 0 Å². The molecule has 0 atom stereocenters. The normalized spacial score (nSPS) is 15.1. The van der Waals surface area contributed by atoms with Crippen LogP contribution < -0.4 is 0 Å². The Balaban J connectivity index is 0.00000408. The van der Waals surface area contributed by atoms with E-state index in [9.17, 15) is 31.1 Å². The number of alkyl halides is 6. The van der Waals surface area contributed by atoms with E-state index in [1.54, 1.807) is 6.08 Å². The molecule has 1 aliphatic rings. The summed E-state index contributed by atoms with van der Waals surface area (Å²) in [6, 6.07) is 8.51. The standard InChI is InChI=1S/C23H21F6NO3.ClH/c24-22(25,26)18-7-3-15(4-8-18)20(16-5-9-19(10-6-16)23(27,28)29)33-13-12-30-11-1-2-17(14-30)21(31)32;/h2-10,20H,1,11-14H2,(H,31,32);1H. The third kappa shape index (κ3) is 7.22. The van der Waals surface area contributed by atoms with E-state index in [2.05, 4.69) is 0 Å². The fourth-order valence-corrected chi connectivity index (χ4v) is 3.53. The fourth-order valence-electron chi connectivity index (χ4n) is 3.53. The molecular weight excluding hydrogens is 488 g/mol. The van der Waals surface area contributed by atoms with Crippen LogP contribution in [0, 0.1) is 0 Å². The van der Waals surface area contributed by atoms with E-state index in [0.29, 0.717) is 30.6 Å². The largest absolute Gasteiger partial charge is 0.478 e. The Labute approximate surface area is 198 Å². The van der Waals surface area contributed by atoms with E-state index >= 15 is 0 Å². The van der Waals surface area contributed by atoms with Crippen LogP contribution >= 0.6 is 12.4 Å². The number of halogens is 7. The van der Waals surface area contributed by atoms with E-state index in [0.717, 1.165) is 24.3 Å². The maximum absolute atomic E-state index is 12.9. The van der Waals surface area contributed by atoms with Crippen molar-refractivity contribution in [3.63, 3.8) is 0 Å². The first-order chi connectivity index (χ1) is 15.4. The molecule has 0 bridgehead atoms. The molecule has 0 aromatic heterocycles. The van der Waals surface area contributed by atoms with Gasteiger partial charge in [-0.25, -0.2) is 4.79 Å². The third-order valence-corrected chi connectivity index (χ3v) is 5.28. The van der Waals surface area contributed by atoms with Crippen molar-refractivity contribution in [1.82, 2.24) is 4.90 Å². The third-order valence-electron chi connectivity index (χ3n) is 5.28. The zero-order valence-electron chi connectivity index (χ0n) is 17.7. The first-order valence-corrected chi connectivity index (χ1v) is 10.1. The molecule has 3 rings (SSSR count). The number of hydrogen-bond donors (Lipinski definition) is 1. The number of rotatable bonds is 7. The summed E-state index contributed by atoms with van der Waals surface area (Å²) in [5.74, 6) is -1.01. The molecule has 11 heteroatoms. The minimum atomic E-state index is -4.52. The Bertz CT molecular complexity index is 930. The number of carboxylic acids is 1. The van der Waals surface area contributed by atoms with Gasteiger partial charge in [0.25, 0.3) is 0 Å². The van der Waals surface area contributed by atoms with Gasteiger partial charge in [-0.1, -0.05) is 30.3 Å². The molecule has 0 unspecified atom stereocenters. The Hall–Kier alpha value is -2.56. The van der Waals surface area contributed by atoms with Crippen LogP contribution in [0.4, 0.5) is 26.3 Å². The monoisotopic (exact) mass is 509 g/mol. The van der Waals surface area contributed by atoms with Crippen LogP contribution in [-0.4, -0.2) is 42.2 Å². The number of hydrogen-bond acceptors (Lipinski definition) is 3. The average Bonchev–Trinajstić information content (AvgIpc) is 2.76. The van der Waals surface area contributed by atoms with Gasteiger partial charge in [0, 0.05) is 25.2 Å². The molecule has 2 aromatic rings. The van der Waals surface area contributed by atoms with Gasteiger partial charge in [0.05, 0.1) is 17.7 Å². The van der Waals surface area contributed by atoms with Crippen molar-refractivity contribution in [3.05, 3.63) is 82.4 Å². The highest BCUT2D eigenvalue weighted by atomic mass is 35.5. The fraction of sp³-hybridized carbons (Fsp3) is 0.348. The Kier molecular flexibility index (Phi) is 9.15. The number of carbonyl (C=O) groups is 1. The maximum Gasteiger partial charge on any atom is 0.416 e. The summed E-state index contributed by atoms with van der Waals surface area (Å²) in [4.78, 5) is 13.0. The van der Waals surface area contributed by atoms with Crippen LogP contribution in [0.15, 0.2) is 60.2 Å². The van der Waals surface area contributed by atoms with E-state index in [1.807, 2.05) is 4.90 Å². The van der Waals surface area contributed by atoms with Gasteiger partial charge in [0.15, 0.2) is 0 Å². The first kappa shape index (κ1) is 27.7. The SMILES string of the molecule is Cl.O=C(O)C1=CCCN(CCOC(c2ccc(C(F)(F)F)cc2)c2ccc(C(F)(F)F)cc2)C1. The highest BCUT2D eigenvalue weighted by molar-refractivity contribution is 5.87. The van der Waals surface area contributed by atoms with Gasteiger partial charge in [-0.05, 0) is 41.8 Å². The second kappa shape index (κ2) is 11.2. The lowest BCUT2D eigenvalue weighted by Crippen LogP contribution is -2.35. The predicted octanol–water partition coefficient (Wildman–Crippen LogP) is 5.97. The molecule has 0 aliphatic carbocycles. The summed E-state index contributed by atoms with van der Waals surface area (Å²) in [5, 5.41) is 9.14. The Morgan fingerprint density at radius 1 is 0.912 bits per heavy atom. The molecule has 1 N–H and O–H groups in total. The molecular formula is C23H22ClF6NO3. The van der Waals surface area contributed by atoms with Crippen LogP contribution in [0.3, 0.4) is 0 Å². The van der Waals surface area contributed by atoms with Gasteiger partial charge in [-0.15, -0.1) is 12.4 Å². The molecule has 4 nitrogen and oxygen atoms in total. The van der Waals surface area contributed by atoms with Crippen molar-refractivity contribution in [3.8, 4) is 0 Å². The Morgan fingerprint density at radius 2 is 1.38 bits per heavy atom. The number of benzene rings is 2. The second-order valence-electron chi connectivity index (χ2n) is 7.59. The maximum atomic E-state index is 12.9. The van der Waals surface area contributed by atoms with Crippen LogP contribution in [0.1, 0.15) is 34.8 Å². The quantitative estimate of drug-likeness (QED) is 0.467. The molecule has 0 radical (unpaired) electrons. The van der Waals surface area contributed by atoms with Crippen molar-refractivity contribution < 1.29 is 41.0 Å². The minimum Gasteiger partial charge on any atom is -0.478 e. The highest BCUT2D eigenvalue weighted by Gasteiger charge is 2.32. The zero-order chi connectivity index (χ0) is 24.2. The molecule has 34 heavy (non-hydrogen) atoms. The molecule has 0 saturated heterocycles. The second-order valence-corrected chi connectivity index (χ2v) is 7.59. The summed E-state index contributed by atoms with van der Waals surface area (Å²) in [6.07, 6.45) is -7.73. The van der Waals surface area contributed by atoms with E-state index in [4.69, 9.17) is 9.84 Å². The molecule has 186 valence electrons. The average molecular weight is 510 g/mol. The number of nitrogens with zero attached hydrogens (tertiary/aromatic N) is 1. The van der Waals surface area contributed by atoms with Gasteiger partial charge in [-0.2, -0.15) is 26.3 Å². The molecule has 0 fully saturated rings. The number of ether oxygens (including phenoxy) is 1. The first-order valence-electron chi connectivity index (χ1n) is 10.1. The zero-order valence-corrected chi connectivity index (χ0v) is 18.5. The van der Waals surface area contributed by atoms with E-state index < -0.39 is 35.6 Å². The summed E-state index contributed by atoms with van der Waals surface area (Å²) in [5.41, 5.74) is -0.722. The minimum absolute atomic E-state index is 0. The van der Waals surface area contributed by atoms with Gasteiger partial charge in [-0.3, -0.25) is 4.90 Å². The molecule has 1 aliphatic heterocycles. The van der Waals surface area contributed by atoms with Crippen molar-refractivity contribution in [2.24, 2.45) is 0 Å². The lowest BCUT2D eigenvalue weighted by atomic mass is 9.99. The van der Waals surface area contributed by atoms with Gasteiger partial charge in [0.2, 0.25) is 0 Å². The van der Waals surface area contributed by atoms with Crippen molar-refractivity contribution in [2.75, 3.05) is 26.2 Å². The lowest BCUT2D eigenvalue weighted by molar-refractivity contribution is -0.138. The number of aliphatic carboxylic acids is 1. The molecule has 0 spiro atoms. The van der Waals surface area contributed by atoms with Gasteiger partial charge in [0.1, 0.15) is 6.10 Å². The van der Waals surface area contributed by atoms with E-state index in [-0.39, 0.29) is 31.1 Å². The van der Waals surface area contributed by atoms with Crippen molar-refractivity contribution in [2.45, 2.75) is 24.9 Å². The van der Waals surface area contributed by atoms with Crippen LogP contribution in [-0.2, 0) is 21.9 Å². The molecule has 1 heterocycles. The lowest BCUT2D eigenvalue weighted by Gasteiger charge is -2.27. The number of carboxylic acid groups (broad SMARTS) is 1.